The Balaban J connectivity index is 1.75. The first-order chi connectivity index (χ1) is 12.6. The average Bonchev–Trinajstić information content (AvgIpc) is 2.66. The summed E-state index contributed by atoms with van der Waals surface area (Å²) < 4.78 is 0. The number of hydrogen-bond acceptors (Lipinski definition) is 1. The summed E-state index contributed by atoms with van der Waals surface area (Å²) in [6.07, 6.45) is 7.34. The smallest absolute Gasteiger partial charge is 0.227 e. The Morgan fingerprint density at radius 2 is 1.65 bits per heavy atom. The van der Waals surface area contributed by atoms with Gasteiger partial charge in [0.2, 0.25) is 5.91 Å². The van der Waals surface area contributed by atoms with Gasteiger partial charge in [-0.15, -0.1) is 0 Å². The van der Waals surface area contributed by atoms with E-state index < -0.39 is 0 Å². The van der Waals surface area contributed by atoms with Crippen molar-refractivity contribution < 1.29 is 4.79 Å². The molecule has 2 aromatic carbocycles. The fourth-order valence-electron chi connectivity index (χ4n) is 4.17. The Labute approximate surface area is 158 Å². The van der Waals surface area contributed by atoms with E-state index in [0.717, 1.165) is 17.5 Å². The molecule has 3 rings (SSSR count). The second kappa shape index (κ2) is 8.53. The Kier molecular flexibility index (Phi) is 6.13. The Morgan fingerprint density at radius 1 is 1.00 bits per heavy atom. The van der Waals surface area contributed by atoms with Crippen molar-refractivity contribution in [3.8, 4) is 0 Å². The van der Waals surface area contributed by atoms with Crippen LogP contribution >= 0.6 is 0 Å². The molecule has 1 fully saturated rings. The molecule has 0 spiro atoms. The van der Waals surface area contributed by atoms with E-state index in [1.807, 2.05) is 18.2 Å². The van der Waals surface area contributed by atoms with Crippen molar-refractivity contribution in [2.75, 3.05) is 0 Å². The quantitative estimate of drug-likeness (QED) is 0.706. The highest BCUT2D eigenvalue weighted by atomic mass is 16.1. The van der Waals surface area contributed by atoms with E-state index in [1.165, 1.54) is 37.7 Å². The average molecular weight is 350 g/mol. The zero-order valence-electron chi connectivity index (χ0n) is 16.1. The van der Waals surface area contributed by atoms with Crippen molar-refractivity contribution in [3.63, 3.8) is 0 Å². The van der Waals surface area contributed by atoms with Gasteiger partial charge in [-0.1, -0.05) is 86.3 Å². The van der Waals surface area contributed by atoms with Gasteiger partial charge in [0.05, 0.1) is 5.92 Å². The van der Waals surface area contributed by atoms with Gasteiger partial charge in [-0.05, 0) is 42.7 Å². The minimum Gasteiger partial charge on any atom is -0.351 e. The third-order valence-corrected chi connectivity index (χ3v) is 5.86. The van der Waals surface area contributed by atoms with Crippen molar-refractivity contribution in [2.24, 2.45) is 5.41 Å². The zero-order chi connectivity index (χ0) is 18.4. The number of benzene rings is 2. The van der Waals surface area contributed by atoms with Crippen LogP contribution in [0.1, 0.15) is 68.1 Å². The lowest BCUT2D eigenvalue weighted by Gasteiger charge is -2.36. The van der Waals surface area contributed by atoms with Gasteiger partial charge >= 0.3 is 0 Å². The van der Waals surface area contributed by atoms with Gasteiger partial charge in [-0.2, -0.15) is 0 Å². The maximum Gasteiger partial charge on any atom is 0.227 e. The summed E-state index contributed by atoms with van der Waals surface area (Å²) in [6, 6.07) is 18.7. The fraction of sp³-hybridized carbons (Fsp3) is 0.458. The molecule has 2 nitrogen and oxygen atoms in total. The van der Waals surface area contributed by atoms with Crippen LogP contribution in [0.25, 0.3) is 0 Å². The summed E-state index contributed by atoms with van der Waals surface area (Å²) in [5, 5.41) is 3.18. The van der Waals surface area contributed by atoms with E-state index in [0.29, 0.717) is 6.54 Å². The molecule has 1 amide bonds. The molecule has 1 atom stereocenters. The van der Waals surface area contributed by atoms with Crippen LogP contribution in [-0.4, -0.2) is 5.91 Å². The zero-order valence-corrected chi connectivity index (χ0v) is 16.1. The summed E-state index contributed by atoms with van der Waals surface area (Å²) >= 11 is 0. The molecule has 1 N–H and O–H groups in total. The first-order valence-corrected chi connectivity index (χ1v) is 9.94. The van der Waals surface area contributed by atoms with Crippen LogP contribution in [0.4, 0.5) is 0 Å². The van der Waals surface area contributed by atoms with Crippen LogP contribution in [0, 0.1) is 12.3 Å². The molecule has 2 heteroatoms. The van der Waals surface area contributed by atoms with E-state index in [2.05, 4.69) is 55.6 Å². The summed E-state index contributed by atoms with van der Waals surface area (Å²) in [5.41, 5.74) is 3.80. The van der Waals surface area contributed by atoms with E-state index in [-0.39, 0.29) is 17.2 Å². The summed E-state index contributed by atoms with van der Waals surface area (Å²) in [6.45, 7) is 5.06. The number of hydrogen-bond donors (Lipinski definition) is 1. The van der Waals surface area contributed by atoms with Crippen LogP contribution in [-0.2, 0) is 11.3 Å². The second-order valence-corrected chi connectivity index (χ2v) is 8.24. The molecule has 0 heterocycles. The van der Waals surface area contributed by atoms with Gasteiger partial charge < -0.3 is 5.32 Å². The largest absolute Gasteiger partial charge is 0.351 e. The van der Waals surface area contributed by atoms with E-state index in [4.69, 9.17) is 0 Å². The molecule has 0 saturated heterocycles. The molecule has 0 radical (unpaired) electrons. The SMILES string of the molecule is Cc1ccc(C(CC2(C)CCCCC2)C(=O)NCc2ccccc2)cc1. The van der Waals surface area contributed by atoms with E-state index in [1.54, 1.807) is 0 Å². The Morgan fingerprint density at radius 3 is 2.31 bits per heavy atom. The minimum atomic E-state index is -0.0672. The van der Waals surface area contributed by atoms with Gasteiger partial charge in [-0.3, -0.25) is 4.79 Å². The standard InChI is InChI=1S/C24H31NO/c1-19-11-13-21(14-12-19)22(17-24(2)15-7-4-8-16-24)23(26)25-18-20-9-5-3-6-10-20/h3,5-6,9-14,22H,4,7-8,15-18H2,1-2H3,(H,25,26). The Hall–Kier alpha value is -2.09. The number of nitrogens with one attached hydrogen (secondary N) is 1. The van der Waals surface area contributed by atoms with Gasteiger partial charge in [0.15, 0.2) is 0 Å². The highest BCUT2D eigenvalue weighted by molar-refractivity contribution is 5.83. The molecule has 0 aromatic heterocycles. The normalized spacial score (nSPS) is 17.5. The van der Waals surface area contributed by atoms with Crippen molar-refractivity contribution in [2.45, 2.75) is 64.8 Å². The third-order valence-electron chi connectivity index (χ3n) is 5.86. The van der Waals surface area contributed by atoms with Gasteiger partial charge in [0.25, 0.3) is 0 Å². The molecule has 26 heavy (non-hydrogen) atoms. The third kappa shape index (κ3) is 4.97. The number of carbonyl (C=O) groups is 1. The lowest BCUT2D eigenvalue weighted by molar-refractivity contribution is -0.123. The predicted molar refractivity (Wildman–Crippen MR) is 108 cm³/mol. The molecule has 1 aliphatic rings. The molecule has 138 valence electrons. The highest BCUT2D eigenvalue weighted by Crippen LogP contribution is 2.43. The van der Waals surface area contributed by atoms with Crippen molar-refractivity contribution in [1.29, 1.82) is 0 Å². The van der Waals surface area contributed by atoms with Crippen molar-refractivity contribution in [3.05, 3.63) is 71.3 Å². The summed E-state index contributed by atoms with van der Waals surface area (Å²) in [4.78, 5) is 13.1. The lowest BCUT2D eigenvalue weighted by atomic mass is 9.69. The Bertz CT molecular complexity index is 699. The molecule has 0 bridgehead atoms. The van der Waals surface area contributed by atoms with Crippen LogP contribution in [0.3, 0.4) is 0 Å². The predicted octanol–water partition coefficient (Wildman–Crippen LogP) is 5.76. The number of aryl methyl sites for hydroxylation is 1. The monoisotopic (exact) mass is 349 g/mol. The molecule has 1 aliphatic carbocycles. The molecule has 1 unspecified atom stereocenters. The summed E-state index contributed by atoms with van der Waals surface area (Å²) in [7, 11) is 0. The van der Waals surface area contributed by atoms with Crippen molar-refractivity contribution >= 4 is 5.91 Å². The highest BCUT2D eigenvalue weighted by Gasteiger charge is 2.33. The number of carbonyl (C=O) groups excluding carboxylic acids is 1. The second-order valence-electron chi connectivity index (χ2n) is 8.24. The van der Waals surface area contributed by atoms with E-state index in [9.17, 15) is 4.79 Å². The number of amides is 1. The molecule has 1 saturated carbocycles. The van der Waals surface area contributed by atoms with Crippen LogP contribution in [0.2, 0.25) is 0 Å². The summed E-state index contributed by atoms with van der Waals surface area (Å²) in [5.74, 6) is 0.0897. The van der Waals surface area contributed by atoms with Gasteiger partial charge in [-0.25, -0.2) is 0 Å². The van der Waals surface area contributed by atoms with Crippen LogP contribution in [0.15, 0.2) is 54.6 Å². The first kappa shape index (κ1) is 18.7. The van der Waals surface area contributed by atoms with Gasteiger partial charge in [0.1, 0.15) is 0 Å². The fourth-order valence-corrected chi connectivity index (χ4v) is 4.17. The van der Waals surface area contributed by atoms with Crippen LogP contribution in [0.5, 0.6) is 0 Å². The molecule has 2 aromatic rings. The molecule has 0 aliphatic heterocycles. The minimum absolute atomic E-state index is 0.0672. The van der Waals surface area contributed by atoms with Gasteiger partial charge in [0, 0.05) is 6.54 Å². The maximum atomic E-state index is 13.1. The van der Waals surface area contributed by atoms with E-state index >= 15 is 0 Å². The lowest BCUT2D eigenvalue weighted by Crippen LogP contribution is -2.33. The molecular weight excluding hydrogens is 318 g/mol. The first-order valence-electron chi connectivity index (χ1n) is 9.94. The molecular formula is C24H31NO. The topological polar surface area (TPSA) is 29.1 Å². The van der Waals surface area contributed by atoms with Crippen molar-refractivity contribution in [1.82, 2.24) is 5.32 Å². The van der Waals surface area contributed by atoms with Crippen LogP contribution < -0.4 is 5.32 Å². The maximum absolute atomic E-state index is 13.1. The number of rotatable bonds is 6.